The van der Waals surface area contributed by atoms with Crippen LogP contribution in [0.1, 0.15) is 33.6 Å². The van der Waals surface area contributed by atoms with Crippen LogP contribution in [0.2, 0.25) is 0 Å². The molecule has 5 nitrogen and oxygen atoms in total. The lowest BCUT2D eigenvalue weighted by atomic mass is 9.64. The van der Waals surface area contributed by atoms with Gasteiger partial charge in [-0.3, -0.25) is 0 Å². The summed E-state index contributed by atoms with van der Waals surface area (Å²) in [6, 6.07) is 0.0261. The number of nitrogens with two attached hydrogens (primary N) is 1. The summed E-state index contributed by atoms with van der Waals surface area (Å²) in [7, 11) is -3.35. The highest BCUT2D eigenvalue weighted by Crippen LogP contribution is 2.39. The summed E-state index contributed by atoms with van der Waals surface area (Å²) in [6.07, 6.45) is 1.49. The Morgan fingerprint density at radius 1 is 1.47 bits per heavy atom. The standard InChI is InChI=1S/C9H21N3O2S/c1-4-5-11-15(13,14)12-8-6-7(10)9(8,2)3/h7-8,11-12H,4-6,10H2,1-3H3. The summed E-state index contributed by atoms with van der Waals surface area (Å²) in [6.45, 7) is 6.35. The van der Waals surface area contributed by atoms with E-state index < -0.39 is 10.2 Å². The fourth-order valence-electron chi connectivity index (χ4n) is 1.62. The molecule has 0 aromatic heterocycles. The highest BCUT2D eigenvalue weighted by Gasteiger charge is 2.47. The lowest BCUT2D eigenvalue weighted by molar-refractivity contribution is 0.0901. The Balaban J connectivity index is 2.49. The van der Waals surface area contributed by atoms with Gasteiger partial charge < -0.3 is 5.73 Å². The van der Waals surface area contributed by atoms with Gasteiger partial charge in [0.05, 0.1) is 0 Å². The molecule has 0 aromatic rings. The van der Waals surface area contributed by atoms with Crippen LogP contribution in [0.3, 0.4) is 0 Å². The fraction of sp³-hybridized carbons (Fsp3) is 1.00. The predicted octanol–water partition coefficient (Wildman–Crippen LogP) is -0.0538. The van der Waals surface area contributed by atoms with Crippen LogP contribution in [0, 0.1) is 5.41 Å². The van der Waals surface area contributed by atoms with Crippen molar-refractivity contribution >= 4 is 10.2 Å². The SMILES string of the molecule is CCCNS(=O)(=O)NC1CC(N)C1(C)C. The van der Waals surface area contributed by atoms with Gasteiger partial charge >= 0.3 is 0 Å². The van der Waals surface area contributed by atoms with Crippen molar-refractivity contribution in [2.24, 2.45) is 11.1 Å². The van der Waals surface area contributed by atoms with E-state index in [-0.39, 0.29) is 17.5 Å². The van der Waals surface area contributed by atoms with E-state index in [4.69, 9.17) is 5.73 Å². The van der Waals surface area contributed by atoms with Crippen molar-refractivity contribution in [3.05, 3.63) is 0 Å². The maximum Gasteiger partial charge on any atom is 0.277 e. The molecule has 0 heterocycles. The van der Waals surface area contributed by atoms with Crippen LogP contribution >= 0.6 is 0 Å². The average molecular weight is 235 g/mol. The zero-order valence-electron chi connectivity index (χ0n) is 9.58. The van der Waals surface area contributed by atoms with Crippen LogP contribution in [0.4, 0.5) is 0 Å². The molecule has 2 unspecified atom stereocenters. The molecule has 0 spiro atoms. The smallest absolute Gasteiger partial charge is 0.277 e. The molecule has 0 radical (unpaired) electrons. The first-order valence-electron chi connectivity index (χ1n) is 5.32. The van der Waals surface area contributed by atoms with Crippen molar-refractivity contribution in [1.29, 1.82) is 0 Å². The van der Waals surface area contributed by atoms with Crippen molar-refractivity contribution in [2.75, 3.05) is 6.54 Å². The molecule has 1 aliphatic rings. The molecule has 2 atom stereocenters. The van der Waals surface area contributed by atoms with Gasteiger partial charge in [0.15, 0.2) is 0 Å². The van der Waals surface area contributed by atoms with Gasteiger partial charge in [0.2, 0.25) is 0 Å². The summed E-state index contributed by atoms with van der Waals surface area (Å²) in [5.41, 5.74) is 5.66. The molecule has 0 aromatic carbocycles. The van der Waals surface area contributed by atoms with Gasteiger partial charge in [0, 0.05) is 18.6 Å². The number of rotatable bonds is 5. The highest BCUT2D eigenvalue weighted by atomic mass is 32.2. The number of hydrogen-bond acceptors (Lipinski definition) is 3. The highest BCUT2D eigenvalue weighted by molar-refractivity contribution is 7.87. The van der Waals surface area contributed by atoms with Crippen LogP contribution in [0.15, 0.2) is 0 Å². The van der Waals surface area contributed by atoms with Gasteiger partial charge in [-0.25, -0.2) is 4.72 Å². The summed E-state index contributed by atoms with van der Waals surface area (Å²) in [5.74, 6) is 0. The van der Waals surface area contributed by atoms with Crippen molar-refractivity contribution in [3.63, 3.8) is 0 Å². The lowest BCUT2D eigenvalue weighted by Gasteiger charge is -2.50. The van der Waals surface area contributed by atoms with Crippen LogP contribution in [-0.4, -0.2) is 27.0 Å². The molecule has 4 N–H and O–H groups in total. The van der Waals surface area contributed by atoms with Crippen LogP contribution in [0.25, 0.3) is 0 Å². The quantitative estimate of drug-likeness (QED) is 0.624. The van der Waals surface area contributed by atoms with Crippen molar-refractivity contribution < 1.29 is 8.42 Å². The molecule has 0 aliphatic heterocycles. The third-order valence-corrected chi connectivity index (χ3v) is 4.36. The van der Waals surface area contributed by atoms with Gasteiger partial charge in [0.25, 0.3) is 10.2 Å². The van der Waals surface area contributed by atoms with E-state index in [9.17, 15) is 8.42 Å². The Hall–Kier alpha value is -0.170. The predicted molar refractivity (Wildman–Crippen MR) is 60.5 cm³/mol. The zero-order valence-corrected chi connectivity index (χ0v) is 10.4. The van der Waals surface area contributed by atoms with Crippen LogP contribution in [0.5, 0.6) is 0 Å². The molecule has 0 amide bonds. The minimum absolute atomic E-state index is 0.0538. The first kappa shape index (κ1) is 12.9. The summed E-state index contributed by atoms with van der Waals surface area (Å²) in [4.78, 5) is 0. The molecule has 1 aliphatic carbocycles. The molecular formula is C9H21N3O2S. The molecule has 1 fully saturated rings. The monoisotopic (exact) mass is 235 g/mol. The minimum Gasteiger partial charge on any atom is -0.327 e. The van der Waals surface area contributed by atoms with Gasteiger partial charge in [-0.2, -0.15) is 13.1 Å². The molecule has 90 valence electrons. The Labute approximate surface area is 92.0 Å². The van der Waals surface area contributed by atoms with E-state index in [1.54, 1.807) is 0 Å². The molecule has 15 heavy (non-hydrogen) atoms. The molecule has 1 rings (SSSR count). The van der Waals surface area contributed by atoms with E-state index in [0.717, 1.165) is 6.42 Å². The Kier molecular flexibility index (Phi) is 3.76. The molecular weight excluding hydrogens is 214 g/mol. The van der Waals surface area contributed by atoms with Crippen molar-refractivity contribution in [1.82, 2.24) is 9.44 Å². The van der Waals surface area contributed by atoms with Crippen LogP contribution in [-0.2, 0) is 10.2 Å². The number of nitrogens with one attached hydrogen (secondary N) is 2. The normalized spacial score (nSPS) is 29.9. The van der Waals surface area contributed by atoms with Crippen molar-refractivity contribution in [2.45, 2.75) is 45.7 Å². The fourth-order valence-corrected chi connectivity index (χ4v) is 2.96. The topological polar surface area (TPSA) is 84.2 Å². The van der Waals surface area contributed by atoms with E-state index >= 15 is 0 Å². The second-order valence-electron chi connectivity index (χ2n) is 4.73. The molecule has 0 saturated heterocycles. The van der Waals surface area contributed by atoms with Gasteiger partial charge in [-0.05, 0) is 18.3 Å². The van der Waals surface area contributed by atoms with Gasteiger partial charge in [-0.15, -0.1) is 0 Å². The van der Waals surface area contributed by atoms with E-state index in [1.807, 2.05) is 20.8 Å². The lowest BCUT2D eigenvalue weighted by Crippen LogP contribution is -2.65. The first-order valence-corrected chi connectivity index (χ1v) is 6.80. The third kappa shape index (κ3) is 2.90. The summed E-state index contributed by atoms with van der Waals surface area (Å²) >= 11 is 0. The van der Waals surface area contributed by atoms with E-state index in [2.05, 4.69) is 9.44 Å². The second-order valence-corrected chi connectivity index (χ2v) is 6.26. The maximum atomic E-state index is 11.5. The minimum atomic E-state index is -3.35. The molecule has 1 saturated carbocycles. The average Bonchev–Trinajstić information content (AvgIpc) is 2.14. The van der Waals surface area contributed by atoms with Crippen LogP contribution < -0.4 is 15.2 Å². The van der Waals surface area contributed by atoms with Crippen molar-refractivity contribution in [3.8, 4) is 0 Å². The summed E-state index contributed by atoms with van der Waals surface area (Å²) < 4.78 is 28.2. The Bertz CT molecular complexity index is 313. The third-order valence-electron chi connectivity index (χ3n) is 3.18. The zero-order chi connectivity index (χ0) is 11.7. The summed E-state index contributed by atoms with van der Waals surface area (Å²) in [5, 5.41) is 0. The largest absolute Gasteiger partial charge is 0.327 e. The first-order chi connectivity index (χ1) is 6.79. The molecule has 6 heteroatoms. The Morgan fingerprint density at radius 2 is 2.07 bits per heavy atom. The second kappa shape index (κ2) is 4.37. The van der Waals surface area contributed by atoms with E-state index in [0.29, 0.717) is 13.0 Å². The Morgan fingerprint density at radius 3 is 2.47 bits per heavy atom. The van der Waals surface area contributed by atoms with Gasteiger partial charge in [0.1, 0.15) is 0 Å². The molecule has 0 bridgehead atoms. The number of hydrogen-bond donors (Lipinski definition) is 3. The van der Waals surface area contributed by atoms with Gasteiger partial charge in [-0.1, -0.05) is 20.8 Å². The maximum absolute atomic E-state index is 11.5. The van der Waals surface area contributed by atoms with E-state index in [1.165, 1.54) is 0 Å².